The van der Waals surface area contributed by atoms with Gasteiger partial charge in [0, 0.05) is 6.42 Å². The number of hydrogen-bond donors (Lipinski definition) is 0. The summed E-state index contributed by atoms with van der Waals surface area (Å²) in [6.45, 7) is 0. The Balaban J connectivity index is 1.89. The highest BCUT2D eigenvalue weighted by Gasteiger charge is 2.21. The van der Waals surface area contributed by atoms with Crippen LogP contribution >= 0.6 is 0 Å². The van der Waals surface area contributed by atoms with Crippen LogP contribution in [0.3, 0.4) is 0 Å². The third kappa shape index (κ3) is 3.32. The predicted octanol–water partition coefficient (Wildman–Crippen LogP) is 2.60. The molecule has 0 bridgehead atoms. The number of aryl methyl sites for hydroxylation is 1. The quantitative estimate of drug-likeness (QED) is 0.770. The summed E-state index contributed by atoms with van der Waals surface area (Å²) in [5.74, 6) is 0.0463. The molecule has 18 heavy (non-hydrogen) atoms. The Kier molecular flexibility index (Phi) is 3.97. The minimum atomic E-state index is -0.359. The van der Waals surface area contributed by atoms with Gasteiger partial charge in [0.05, 0.1) is 13.2 Å². The van der Waals surface area contributed by atoms with E-state index in [-0.39, 0.29) is 17.9 Å². The van der Waals surface area contributed by atoms with Crippen molar-refractivity contribution in [2.45, 2.75) is 25.4 Å². The Morgan fingerprint density at radius 3 is 2.78 bits per heavy atom. The summed E-state index contributed by atoms with van der Waals surface area (Å²) in [5.41, 5.74) is 1.03. The van der Waals surface area contributed by atoms with Gasteiger partial charge in [-0.2, -0.15) is 0 Å². The third-order valence-electron chi connectivity index (χ3n) is 2.92. The van der Waals surface area contributed by atoms with Crippen LogP contribution in [-0.2, 0) is 20.7 Å². The van der Waals surface area contributed by atoms with Crippen molar-refractivity contribution in [2.24, 2.45) is 0 Å². The van der Waals surface area contributed by atoms with Gasteiger partial charge in [-0.1, -0.05) is 12.1 Å². The van der Waals surface area contributed by atoms with Crippen molar-refractivity contribution in [3.8, 4) is 0 Å². The Morgan fingerprint density at radius 2 is 2.11 bits per heavy atom. The molecule has 0 unspecified atom stereocenters. The fraction of sp³-hybridized carbons (Fsp3) is 0.357. The van der Waals surface area contributed by atoms with Gasteiger partial charge in [0.25, 0.3) is 0 Å². The highest BCUT2D eigenvalue weighted by molar-refractivity contribution is 5.83. The number of methoxy groups -OCH3 is 1. The first-order chi connectivity index (χ1) is 8.67. The average molecular weight is 250 g/mol. The summed E-state index contributed by atoms with van der Waals surface area (Å²) in [4.78, 5) is 11.3. The number of benzene rings is 1. The van der Waals surface area contributed by atoms with E-state index < -0.39 is 0 Å². The highest BCUT2D eigenvalue weighted by Crippen LogP contribution is 2.20. The van der Waals surface area contributed by atoms with Gasteiger partial charge in [0.1, 0.15) is 17.7 Å². The third-order valence-corrected chi connectivity index (χ3v) is 2.92. The van der Waals surface area contributed by atoms with Crippen LogP contribution in [-0.4, -0.2) is 19.2 Å². The number of halogens is 1. The normalized spacial score (nSPS) is 19.1. The Bertz CT molecular complexity index is 451. The number of carbonyl (C=O) groups is 1. The summed E-state index contributed by atoms with van der Waals surface area (Å²) < 4.78 is 23.0. The van der Waals surface area contributed by atoms with E-state index in [0.29, 0.717) is 18.6 Å². The molecule has 0 amide bonds. The minimum absolute atomic E-state index is 0.164. The molecule has 0 saturated heterocycles. The number of ether oxygens (including phenoxy) is 2. The first kappa shape index (κ1) is 12.6. The molecule has 0 N–H and O–H groups in total. The fourth-order valence-electron chi connectivity index (χ4n) is 1.94. The van der Waals surface area contributed by atoms with E-state index >= 15 is 0 Å². The van der Waals surface area contributed by atoms with Crippen molar-refractivity contribution >= 4 is 5.97 Å². The van der Waals surface area contributed by atoms with Gasteiger partial charge < -0.3 is 9.47 Å². The second-order valence-electron chi connectivity index (χ2n) is 4.24. The van der Waals surface area contributed by atoms with E-state index in [1.54, 1.807) is 19.2 Å². The first-order valence-electron chi connectivity index (χ1n) is 5.87. The summed E-state index contributed by atoms with van der Waals surface area (Å²) in [6, 6.07) is 6.35. The maximum absolute atomic E-state index is 12.7. The molecule has 1 aliphatic heterocycles. The summed E-state index contributed by atoms with van der Waals surface area (Å²) in [7, 11) is 1.54. The van der Waals surface area contributed by atoms with Gasteiger partial charge >= 0.3 is 5.97 Å². The van der Waals surface area contributed by atoms with Crippen molar-refractivity contribution < 1.29 is 18.7 Å². The van der Waals surface area contributed by atoms with Crippen molar-refractivity contribution in [2.75, 3.05) is 7.11 Å². The van der Waals surface area contributed by atoms with E-state index in [9.17, 15) is 9.18 Å². The van der Waals surface area contributed by atoms with Crippen LogP contribution < -0.4 is 0 Å². The lowest BCUT2D eigenvalue weighted by atomic mass is 10.0. The zero-order valence-corrected chi connectivity index (χ0v) is 10.2. The number of rotatable bonds is 4. The summed E-state index contributed by atoms with van der Waals surface area (Å²) in [5, 5.41) is 0. The monoisotopic (exact) mass is 250 g/mol. The van der Waals surface area contributed by atoms with Gasteiger partial charge in [0.2, 0.25) is 0 Å². The maximum atomic E-state index is 12.7. The lowest BCUT2D eigenvalue weighted by Gasteiger charge is -2.22. The van der Waals surface area contributed by atoms with E-state index in [4.69, 9.17) is 9.47 Å². The van der Waals surface area contributed by atoms with Crippen LogP contribution in [0.4, 0.5) is 4.39 Å². The molecule has 4 heteroatoms. The van der Waals surface area contributed by atoms with Gasteiger partial charge in [-0.05, 0) is 30.5 Å². The van der Waals surface area contributed by atoms with Crippen LogP contribution in [0.15, 0.2) is 36.1 Å². The second-order valence-corrected chi connectivity index (χ2v) is 4.24. The molecule has 0 spiro atoms. The molecule has 1 aliphatic rings. The largest absolute Gasteiger partial charge is 0.501 e. The van der Waals surface area contributed by atoms with Crippen LogP contribution in [0.5, 0.6) is 0 Å². The van der Waals surface area contributed by atoms with Gasteiger partial charge in [0.15, 0.2) is 0 Å². The van der Waals surface area contributed by atoms with E-state index in [0.717, 1.165) is 12.0 Å². The van der Waals surface area contributed by atoms with Crippen LogP contribution in [0, 0.1) is 5.82 Å². The molecule has 1 aromatic carbocycles. The molecule has 0 radical (unpaired) electrons. The molecule has 2 rings (SSSR count). The predicted molar refractivity (Wildman–Crippen MR) is 64.3 cm³/mol. The van der Waals surface area contributed by atoms with Gasteiger partial charge in [-0.25, -0.2) is 9.18 Å². The molecule has 1 heterocycles. The average Bonchev–Trinajstić information content (AvgIpc) is 2.37. The van der Waals surface area contributed by atoms with Crippen molar-refractivity contribution in [3.05, 3.63) is 47.5 Å². The van der Waals surface area contributed by atoms with Crippen molar-refractivity contribution in [1.82, 2.24) is 0 Å². The number of esters is 1. The molecular formula is C14H15FO3. The molecule has 1 atom stereocenters. The molecular weight excluding hydrogens is 235 g/mol. The zero-order valence-electron chi connectivity index (χ0n) is 10.2. The number of hydrogen-bond acceptors (Lipinski definition) is 3. The van der Waals surface area contributed by atoms with Crippen molar-refractivity contribution in [3.63, 3.8) is 0 Å². The molecule has 1 aromatic rings. The van der Waals surface area contributed by atoms with Gasteiger partial charge in [-0.15, -0.1) is 0 Å². The lowest BCUT2D eigenvalue weighted by Crippen LogP contribution is -2.23. The van der Waals surface area contributed by atoms with E-state index in [2.05, 4.69) is 0 Å². The summed E-state index contributed by atoms with van der Waals surface area (Å²) in [6.07, 6.45) is 3.26. The van der Waals surface area contributed by atoms with Crippen LogP contribution in [0.25, 0.3) is 0 Å². The highest BCUT2D eigenvalue weighted by atomic mass is 19.1. The molecule has 0 saturated carbocycles. The Morgan fingerprint density at radius 1 is 1.39 bits per heavy atom. The van der Waals surface area contributed by atoms with Crippen LogP contribution in [0.1, 0.15) is 18.4 Å². The van der Waals surface area contributed by atoms with E-state index in [1.807, 2.05) is 0 Å². The van der Waals surface area contributed by atoms with E-state index in [1.165, 1.54) is 18.2 Å². The molecule has 96 valence electrons. The number of carbonyl (C=O) groups excluding carboxylic acids is 1. The maximum Gasteiger partial charge on any atom is 0.334 e. The van der Waals surface area contributed by atoms with Crippen LogP contribution in [0.2, 0.25) is 0 Å². The Labute approximate surface area is 105 Å². The SMILES string of the molecule is COC1=CC(=O)O[C@@H](CCc2ccc(F)cc2)C1. The van der Waals surface area contributed by atoms with Crippen molar-refractivity contribution in [1.29, 1.82) is 0 Å². The summed E-state index contributed by atoms with van der Waals surface area (Å²) >= 11 is 0. The fourth-order valence-corrected chi connectivity index (χ4v) is 1.94. The second kappa shape index (κ2) is 5.67. The first-order valence-corrected chi connectivity index (χ1v) is 5.87. The molecule has 3 nitrogen and oxygen atoms in total. The Hall–Kier alpha value is -1.84. The molecule has 0 fully saturated rings. The topological polar surface area (TPSA) is 35.5 Å². The number of cyclic esters (lactones) is 1. The molecule has 0 aliphatic carbocycles. The lowest BCUT2D eigenvalue weighted by molar-refractivity contribution is -0.145. The van der Waals surface area contributed by atoms with Gasteiger partial charge in [-0.3, -0.25) is 0 Å². The standard InChI is InChI=1S/C14H15FO3/c1-17-13-8-12(18-14(16)9-13)7-4-10-2-5-11(15)6-3-10/h2-3,5-6,9,12H,4,7-8H2,1H3/t12-/m0/s1. The zero-order chi connectivity index (χ0) is 13.0. The minimum Gasteiger partial charge on any atom is -0.501 e. The smallest absolute Gasteiger partial charge is 0.334 e. The molecule has 0 aromatic heterocycles.